The lowest BCUT2D eigenvalue weighted by Crippen LogP contribution is -2.36. The summed E-state index contributed by atoms with van der Waals surface area (Å²) in [6.45, 7) is 3.14. The molecule has 2 heterocycles. The number of piperidine rings is 1. The molecule has 1 aliphatic rings. The molecule has 1 amide bonds. The van der Waals surface area contributed by atoms with E-state index >= 15 is 0 Å². The average molecular weight is 409 g/mol. The van der Waals surface area contributed by atoms with Crippen molar-refractivity contribution in [3.05, 3.63) is 71.2 Å². The van der Waals surface area contributed by atoms with E-state index in [0.29, 0.717) is 54.2 Å². The summed E-state index contributed by atoms with van der Waals surface area (Å²) in [4.78, 5) is 14.7. The Morgan fingerprint density at radius 3 is 2.67 bits per heavy atom. The van der Waals surface area contributed by atoms with Crippen LogP contribution in [0.25, 0.3) is 11.3 Å². The van der Waals surface area contributed by atoms with Crippen LogP contribution in [-0.2, 0) is 6.54 Å². The van der Waals surface area contributed by atoms with E-state index in [1.165, 1.54) is 6.07 Å². The normalized spacial score (nSPS) is 14.7. The van der Waals surface area contributed by atoms with Gasteiger partial charge in [0.05, 0.1) is 11.8 Å². The van der Waals surface area contributed by atoms with Crippen LogP contribution in [0.1, 0.15) is 34.5 Å². The molecule has 0 radical (unpaired) electrons. The van der Waals surface area contributed by atoms with Gasteiger partial charge in [0, 0.05) is 25.2 Å². The Balaban J connectivity index is 1.45. The van der Waals surface area contributed by atoms with Gasteiger partial charge in [0.15, 0.2) is 0 Å². The largest absolute Gasteiger partial charge is 0.393 e. The van der Waals surface area contributed by atoms with Gasteiger partial charge in [0.25, 0.3) is 5.91 Å². The second-order valence-electron chi connectivity index (χ2n) is 7.52. The Bertz CT molecular complexity index is 1030. The Labute approximate surface area is 174 Å². The summed E-state index contributed by atoms with van der Waals surface area (Å²) in [5.41, 5.74) is 2.85. The molecule has 0 spiro atoms. The SMILES string of the molecule is Cc1onc(-c2ccccc2)c1C(=O)NCc1ccc(N2CCC(O)CC2)c(F)c1. The molecule has 30 heavy (non-hydrogen) atoms. The van der Waals surface area contributed by atoms with Gasteiger partial charge in [-0.3, -0.25) is 4.79 Å². The molecule has 6 nitrogen and oxygen atoms in total. The number of aliphatic hydroxyl groups excluding tert-OH is 1. The van der Waals surface area contributed by atoms with Gasteiger partial charge in [-0.2, -0.15) is 0 Å². The summed E-state index contributed by atoms with van der Waals surface area (Å²) in [6.07, 6.45) is 0.971. The first-order chi connectivity index (χ1) is 14.5. The number of hydrogen-bond acceptors (Lipinski definition) is 5. The molecule has 156 valence electrons. The lowest BCUT2D eigenvalue weighted by molar-refractivity contribution is 0.0950. The van der Waals surface area contributed by atoms with Crippen LogP contribution in [0, 0.1) is 12.7 Å². The van der Waals surface area contributed by atoms with Crippen LogP contribution in [0.4, 0.5) is 10.1 Å². The fourth-order valence-corrected chi connectivity index (χ4v) is 3.73. The first-order valence-corrected chi connectivity index (χ1v) is 10.0. The van der Waals surface area contributed by atoms with E-state index in [2.05, 4.69) is 10.5 Å². The molecule has 1 aromatic heterocycles. The number of nitrogens with zero attached hydrogens (tertiary/aromatic N) is 2. The Morgan fingerprint density at radius 2 is 1.97 bits per heavy atom. The maximum Gasteiger partial charge on any atom is 0.257 e. The quantitative estimate of drug-likeness (QED) is 0.672. The molecule has 7 heteroatoms. The zero-order valence-electron chi connectivity index (χ0n) is 16.8. The van der Waals surface area contributed by atoms with Crippen molar-refractivity contribution in [1.82, 2.24) is 10.5 Å². The minimum Gasteiger partial charge on any atom is -0.393 e. The molecule has 0 aliphatic carbocycles. The van der Waals surface area contributed by atoms with Gasteiger partial charge in [-0.05, 0) is 37.5 Å². The van der Waals surface area contributed by atoms with E-state index in [9.17, 15) is 14.3 Å². The number of carbonyl (C=O) groups is 1. The number of hydrogen-bond donors (Lipinski definition) is 2. The van der Waals surface area contributed by atoms with Crippen molar-refractivity contribution < 1.29 is 18.8 Å². The molecule has 2 N–H and O–H groups in total. The van der Waals surface area contributed by atoms with Gasteiger partial charge < -0.3 is 19.8 Å². The monoisotopic (exact) mass is 409 g/mol. The van der Waals surface area contributed by atoms with Crippen LogP contribution in [0.5, 0.6) is 0 Å². The van der Waals surface area contributed by atoms with Gasteiger partial charge >= 0.3 is 0 Å². The highest BCUT2D eigenvalue weighted by Gasteiger charge is 2.22. The minimum atomic E-state index is -0.329. The van der Waals surface area contributed by atoms with Gasteiger partial charge in [-0.15, -0.1) is 0 Å². The van der Waals surface area contributed by atoms with Crippen molar-refractivity contribution in [2.75, 3.05) is 18.0 Å². The number of benzene rings is 2. The number of rotatable bonds is 5. The number of amides is 1. The fourth-order valence-electron chi connectivity index (χ4n) is 3.73. The Morgan fingerprint density at radius 1 is 1.23 bits per heavy atom. The van der Waals surface area contributed by atoms with E-state index in [1.54, 1.807) is 13.0 Å². The zero-order valence-corrected chi connectivity index (χ0v) is 16.8. The zero-order chi connectivity index (χ0) is 21.1. The van der Waals surface area contributed by atoms with Crippen LogP contribution < -0.4 is 10.2 Å². The predicted octanol–water partition coefficient (Wildman–Crippen LogP) is 3.68. The number of halogens is 1. The van der Waals surface area contributed by atoms with E-state index < -0.39 is 0 Å². The first-order valence-electron chi connectivity index (χ1n) is 10.0. The molecule has 0 atom stereocenters. The third kappa shape index (κ3) is 4.21. The number of aliphatic hydroxyl groups is 1. The molecule has 2 aromatic carbocycles. The molecule has 1 aliphatic heterocycles. The predicted molar refractivity (Wildman–Crippen MR) is 112 cm³/mol. The summed E-state index contributed by atoms with van der Waals surface area (Å²) in [7, 11) is 0. The van der Waals surface area contributed by atoms with Crippen molar-refractivity contribution in [3.63, 3.8) is 0 Å². The first kappa shape index (κ1) is 20.1. The standard InChI is InChI=1S/C23H24FN3O3/c1-15-21(22(26-30-15)17-5-3-2-4-6-17)23(29)25-14-16-7-8-20(19(24)13-16)27-11-9-18(28)10-12-27/h2-8,13,18,28H,9-12,14H2,1H3,(H,25,29). The number of aryl methyl sites for hydroxylation is 1. The fraction of sp³-hybridized carbons (Fsp3) is 0.304. The molecule has 0 unspecified atom stereocenters. The summed E-state index contributed by atoms with van der Waals surface area (Å²) in [6, 6.07) is 14.3. The summed E-state index contributed by atoms with van der Waals surface area (Å²) < 4.78 is 19.9. The highest BCUT2D eigenvalue weighted by molar-refractivity contribution is 6.00. The molecule has 1 saturated heterocycles. The lowest BCUT2D eigenvalue weighted by Gasteiger charge is -2.31. The van der Waals surface area contributed by atoms with Crippen LogP contribution >= 0.6 is 0 Å². The van der Waals surface area contributed by atoms with Crippen LogP contribution in [-0.4, -0.2) is 35.4 Å². The maximum atomic E-state index is 14.6. The summed E-state index contributed by atoms with van der Waals surface area (Å²) in [5, 5.41) is 16.5. The minimum absolute atomic E-state index is 0.188. The van der Waals surface area contributed by atoms with Crippen molar-refractivity contribution in [2.45, 2.75) is 32.4 Å². The average Bonchev–Trinajstić information content (AvgIpc) is 3.15. The Hall–Kier alpha value is -3.19. The van der Waals surface area contributed by atoms with E-state index in [1.807, 2.05) is 41.3 Å². The molecule has 3 aromatic rings. The van der Waals surface area contributed by atoms with Crippen LogP contribution in [0.2, 0.25) is 0 Å². The van der Waals surface area contributed by atoms with Crippen LogP contribution in [0.15, 0.2) is 53.1 Å². The number of anilines is 1. The molecular formula is C23H24FN3O3. The smallest absolute Gasteiger partial charge is 0.257 e. The molecular weight excluding hydrogens is 385 g/mol. The van der Waals surface area contributed by atoms with E-state index in [0.717, 1.165) is 5.56 Å². The third-order valence-corrected chi connectivity index (χ3v) is 5.41. The second-order valence-corrected chi connectivity index (χ2v) is 7.52. The van der Waals surface area contributed by atoms with Gasteiger partial charge in [0.2, 0.25) is 0 Å². The highest BCUT2D eigenvalue weighted by Crippen LogP contribution is 2.26. The molecule has 0 bridgehead atoms. The number of aromatic nitrogens is 1. The van der Waals surface area contributed by atoms with E-state index in [-0.39, 0.29) is 24.4 Å². The maximum absolute atomic E-state index is 14.6. The van der Waals surface area contributed by atoms with Crippen molar-refractivity contribution >= 4 is 11.6 Å². The Kier molecular flexibility index (Phi) is 5.81. The van der Waals surface area contributed by atoms with Crippen LogP contribution in [0.3, 0.4) is 0 Å². The topological polar surface area (TPSA) is 78.6 Å². The van der Waals surface area contributed by atoms with Crippen molar-refractivity contribution in [2.24, 2.45) is 0 Å². The number of carbonyl (C=O) groups excluding carboxylic acids is 1. The van der Waals surface area contributed by atoms with E-state index in [4.69, 9.17) is 4.52 Å². The molecule has 1 fully saturated rings. The molecule has 0 saturated carbocycles. The van der Waals surface area contributed by atoms with Crippen molar-refractivity contribution in [3.8, 4) is 11.3 Å². The van der Waals surface area contributed by atoms with Gasteiger partial charge in [0.1, 0.15) is 22.8 Å². The summed E-state index contributed by atoms with van der Waals surface area (Å²) in [5.74, 6) is -0.216. The van der Waals surface area contributed by atoms with Gasteiger partial charge in [-0.1, -0.05) is 41.6 Å². The lowest BCUT2D eigenvalue weighted by atomic mass is 10.1. The van der Waals surface area contributed by atoms with Gasteiger partial charge in [-0.25, -0.2) is 4.39 Å². The number of nitrogens with one attached hydrogen (secondary N) is 1. The highest BCUT2D eigenvalue weighted by atomic mass is 19.1. The second kappa shape index (κ2) is 8.67. The third-order valence-electron chi connectivity index (χ3n) is 5.41. The molecule has 4 rings (SSSR count). The summed E-state index contributed by atoms with van der Waals surface area (Å²) >= 11 is 0. The van der Waals surface area contributed by atoms with Crippen molar-refractivity contribution in [1.29, 1.82) is 0 Å².